The molecule has 1 aromatic rings. The van der Waals surface area contributed by atoms with E-state index in [1.807, 2.05) is 0 Å². The minimum Gasteiger partial charge on any atom is -0.509 e. The lowest BCUT2D eigenvalue weighted by atomic mass is 9.99. The topological polar surface area (TPSA) is 81.0 Å². The zero-order valence-electron chi connectivity index (χ0n) is 10.4. The Bertz CT molecular complexity index is 442. The van der Waals surface area contributed by atoms with E-state index >= 15 is 0 Å². The zero-order chi connectivity index (χ0) is 13.8. The van der Waals surface area contributed by atoms with Crippen molar-refractivity contribution in [2.24, 2.45) is 0 Å². The molecular formula is C13H17NO4. The second kappa shape index (κ2) is 5.66. The molecule has 0 aliphatic carbocycles. The molecule has 5 nitrogen and oxygen atoms in total. The second-order valence-electron chi connectivity index (χ2n) is 4.16. The summed E-state index contributed by atoms with van der Waals surface area (Å²) in [6.45, 7) is -0.890. The number of nitrogens with zero attached hydrogens (tertiary/aromatic N) is 1. The fraction of sp³-hybridized carbons (Fsp3) is 0.308. The van der Waals surface area contributed by atoms with E-state index < -0.39 is 23.9 Å². The Morgan fingerprint density at radius 2 is 1.89 bits per heavy atom. The van der Waals surface area contributed by atoms with Gasteiger partial charge in [-0.15, -0.1) is 0 Å². The van der Waals surface area contributed by atoms with Gasteiger partial charge in [-0.05, 0) is 11.6 Å². The van der Waals surface area contributed by atoms with Gasteiger partial charge in [0, 0.05) is 14.1 Å². The number of benzene rings is 1. The van der Waals surface area contributed by atoms with Crippen LogP contribution >= 0.6 is 0 Å². The number of carbonyl (C=O) groups excluding carboxylic acids is 1. The van der Waals surface area contributed by atoms with Crippen molar-refractivity contribution in [3.63, 3.8) is 0 Å². The zero-order valence-corrected chi connectivity index (χ0v) is 10.4. The highest BCUT2D eigenvalue weighted by atomic mass is 16.4. The molecule has 0 fully saturated rings. The van der Waals surface area contributed by atoms with Crippen LogP contribution in [0.25, 0.3) is 6.08 Å². The molecule has 1 atom stereocenters. The minimum atomic E-state index is -2.31. The largest absolute Gasteiger partial charge is 0.509 e. The van der Waals surface area contributed by atoms with Crippen molar-refractivity contribution < 1.29 is 20.1 Å². The van der Waals surface area contributed by atoms with Crippen LogP contribution in [0.2, 0.25) is 0 Å². The van der Waals surface area contributed by atoms with Gasteiger partial charge in [0.25, 0.3) is 5.91 Å². The van der Waals surface area contributed by atoms with Gasteiger partial charge in [0.15, 0.2) is 0 Å². The molecule has 98 valence electrons. The van der Waals surface area contributed by atoms with Crippen LogP contribution in [0, 0.1) is 0 Å². The van der Waals surface area contributed by atoms with E-state index in [2.05, 4.69) is 0 Å². The molecule has 0 bridgehead atoms. The van der Waals surface area contributed by atoms with Gasteiger partial charge in [-0.25, -0.2) is 0 Å². The van der Waals surface area contributed by atoms with Crippen LogP contribution in [0.4, 0.5) is 0 Å². The van der Waals surface area contributed by atoms with Gasteiger partial charge in [0.2, 0.25) is 5.60 Å². The lowest BCUT2D eigenvalue weighted by Crippen LogP contribution is -2.50. The Morgan fingerprint density at radius 1 is 1.33 bits per heavy atom. The van der Waals surface area contributed by atoms with Gasteiger partial charge in [0.05, 0.1) is 6.61 Å². The number of aliphatic hydroxyl groups excluding tert-OH is 2. The molecule has 1 unspecified atom stereocenters. The van der Waals surface area contributed by atoms with Crippen LogP contribution in [0.15, 0.2) is 36.1 Å². The van der Waals surface area contributed by atoms with Crippen molar-refractivity contribution in [1.29, 1.82) is 0 Å². The lowest BCUT2D eigenvalue weighted by Gasteiger charge is -2.27. The fourth-order valence-electron chi connectivity index (χ4n) is 1.45. The molecular weight excluding hydrogens is 234 g/mol. The maximum absolute atomic E-state index is 11.7. The molecule has 1 aromatic carbocycles. The third-order valence-corrected chi connectivity index (χ3v) is 2.52. The number of rotatable bonds is 4. The van der Waals surface area contributed by atoms with E-state index in [1.165, 1.54) is 20.2 Å². The normalized spacial score (nSPS) is 15.0. The summed E-state index contributed by atoms with van der Waals surface area (Å²) in [5.74, 6) is -1.37. The first-order chi connectivity index (χ1) is 8.41. The standard InChI is InChI=1S/C13H17NO4/c1-14(2)12(17)13(18,9-15)11(16)8-10-6-4-3-5-7-10/h3-8,15-16,18H,9H2,1-2H3. The lowest BCUT2D eigenvalue weighted by molar-refractivity contribution is -0.151. The first kappa shape index (κ1) is 14.2. The summed E-state index contributed by atoms with van der Waals surface area (Å²) in [6.07, 6.45) is 1.25. The molecule has 1 amide bonds. The summed E-state index contributed by atoms with van der Waals surface area (Å²) in [5.41, 5.74) is -1.69. The first-order valence-corrected chi connectivity index (χ1v) is 5.43. The summed E-state index contributed by atoms with van der Waals surface area (Å²) in [7, 11) is 2.86. The molecule has 0 saturated carbocycles. The van der Waals surface area contributed by atoms with Gasteiger partial charge >= 0.3 is 0 Å². The molecule has 5 heteroatoms. The van der Waals surface area contributed by atoms with Crippen molar-refractivity contribution >= 4 is 12.0 Å². The van der Waals surface area contributed by atoms with Crippen molar-refractivity contribution in [3.8, 4) is 0 Å². The number of carbonyl (C=O) groups is 1. The van der Waals surface area contributed by atoms with Crippen molar-refractivity contribution in [2.45, 2.75) is 5.60 Å². The minimum absolute atomic E-state index is 0.588. The predicted octanol–water partition coefficient (Wildman–Crippen LogP) is 0.397. The molecule has 0 spiro atoms. The van der Waals surface area contributed by atoms with Crippen LogP contribution in [-0.4, -0.2) is 52.4 Å². The summed E-state index contributed by atoms with van der Waals surface area (Å²) in [5, 5.41) is 29.0. The number of amides is 1. The average Bonchev–Trinajstić information content (AvgIpc) is 2.37. The van der Waals surface area contributed by atoms with E-state index in [0.29, 0.717) is 5.56 Å². The van der Waals surface area contributed by atoms with Crippen LogP contribution in [0.5, 0.6) is 0 Å². The number of hydrogen-bond acceptors (Lipinski definition) is 4. The molecule has 0 saturated heterocycles. The molecule has 1 rings (SSSR count). The van der Waals surface area contributed by atoms with Gasteiger partial charge in [-0.1, -0.05) is 30.3 Å². The maximum atomic E-state index is 11.7. The van der Waals surface area contributed by atoms with Gasteiger partial charge in [-0.3, -0.25) is 4.79 Å². The van der Waals surface area contributed by atoms with Gasteiger partial charge < -0.3 is 20.2 Å². The fourth-order valence-corrected chi connectivity index (χ4v) is 1.45. The molecule has 0 aliphatic rings. The molecule has 3 N–H and O–H groups in total. The van der Waals surface area contributed by atoms with Crippen molar-refractivity contribution in [1.82, 2.24) is 4.90 Å². The molecule has 0 aliphatic heterocycles. The van der Waals surface area contributed by atoms with E-state index in [9.17, 15) is 15.0 Å². The van der Waals surface area contributed by atoms with E-state index in [-0.39, 0.29) is 0 Å². The smallest absolute Gasteiger partial charge is 0.264 e. The van der Waals surface area contributed by atoms with Crippen LogP contribution in [0.3, 0.4) is 0 Å². The van der Waals surface area contributed by atoms with Crippen molar-refractivity contribution in [3.05, 3.63) is 41.7 Å². The third kappa shape index (κ3) is 2.88. The quantitative estimate of drug-likeness (QED) is 0.676. The Labute approximate surface area is 106 Å². The molecule has 18 heavy (non-hydrogen) atoms. The Balaban J connectivity index is 3.09. The number of likely N-dealkylation sites (N-methyl/N-ethyl adjacent to an activating group) is 1. The summed E-state index contributed by atoms with van der Waals surface area (Å²) in [4.78, 5) is 12.8. The Kier molecular flexibility index (Phi) is 4.47. The molecule has 0 radical (unpaired) electrons. The van der Waals surface area contributed by atoms with E-state index in [0.717, 1.165) is 4.90 Å². The van der Waals surface area contributed by atoms with Gasteiger partial charge in [-0.2, -0.15) is 0 Å². The number of aliphatic hydroxyl groups is 3. The van der Waals surface area contributed by atoms with Crippen LogP contribution < -0.4 is 0 Å². The average molecular weight is 251 g/mol. The number of hydrogen-bond donors (Lipinski definition) is 3. The van der Waals surface area contributed by atoms with Crippen molar-refractivity contribution in [2.75, 3.05) is 20.7 Å². The molecule has 0 aromatic heterocycles. The van der Waals surface area contributed by atoms with E-state index in [1.54, 1.807) is 30.3 Å². The predicted molar refractivity (Wildman–Crippen MR) is 67.8 cm³/mol. The second-order valence-corrected chi connectivity index (χ2v) is 4.16. The first-order valence-electron chi connectivity index (χ1n) is 5.43. The third-order valence-electron chi connectivity index (χ3n) is 2.52. The monoisotopic (exact) mass is 251 g/mol. The highest BCUT2D eigenvalue weighted by molar-refractivity contribution is 5.89. The summed E-state index contributed by atoms with van der Waals surface area (Å²) >= 11 is 0. The van der Waals surface area contributed by atoms with Gasteiger partial charge in [0.1, 0.15) is 5.76 Å². The van der Waals surface area contributed by atoms with E-state index in [4.69, 9.17) is 5.11 Å². The summed E-state index contributed by atoms with van der Waals surface area (Å²) in [6, 6.07) is 8.72. The van der Waals surface area contributed by atoms with Crippen LogP contribution in [-0.2, 0) is 4.79 Å². The SMILES string of the molecule is CN(C)C(=O)C(O)(CO)C(O)=Cc1ccccc1. The highest BCUT2D eigenvalue weighted by Gasteiger charge is 2.41. The molecule has 0 heterocycles. The Morgan fingerprint density at radius 3 is 2.33 bits per heavy atom. The Hall–Kier alpha value is -1.85. The van der Waals surface area contributed by atoms with Crippen LogP contribution in [0.1, 0.15) is 5.56 Å². The highest BCUT2D eigenvalue weighted by Crippen LogP contribution is 2.19. The maximum Gasteiger partial charge on any atom is 0.264 e. The summed E-state index contributed by atoms with van der Waals surface area (Å²) < 4.78 is 0.